The van der Waals surface area contributed by atoms with Crippen LogP contribution < -0.4 is 5.32 Å². The van der Waals surface area contributed by atoms with Crippen LogP contribution in [0, 0.1) is 5.92 Å². The van der Waals surface area contributed by atoms with E-state index in [0.29, 0.717) is 18.4 Å². The summed E-state index contributed by atoms with van der Waals surface area (Å²) in [6.07, 6.45) is 4.84. The Morgan fingerprint density at radius 2 is 2.05 bits per heavy atom. The van der Waals surface area contributed by atoms with Crippen molar-refractivity contribution >= 4 is 5.91 Å². The van der Waals surface area contributed by atoms with Crippen LogP contribution in [0.1, 0.15) is 25.7 Å². The van der Waals surface area contributed by atoms with E-state index in [9.17, 15) is 4.79 Å². The number of likely N-dealkylation sites (tertiary alicyclic amines) is 2. The fraction of sp³-hybridized carbons (Fsp3) is 0.933. The average molecular weight is 283 g/mol. The fourth-order valence-corrected chi connectivity index (χ4v) is 3.20. The van der Waals surface area contributed by atoms with Crippen LogP contribution in [0.4, 0.5) is 0 Å². The maximum absolute atomic E-state index is 12.2. The molecule has 0 saturated carbocycles. The van der Waals surface area contributed by atoms with Gasteiger partial charge in [0.1, 0.15) is 0 Å². The minimum Gasteiger partial charge on any atom is -0.383 e. The Morgan fingerprint density at radius 3 is 2.80 bits per heavy atom. The van der Waals surface area contributed by atoms with Gasteiger partial charge in [0.25, 0.3) is 0 Å². The van der Waals surface area contributed by atoms with E-state index in [-0.39, 0.29) is 0 Å². The van der Waals surface area contributed by atoms with E-state index < -0.39 is 0 Å². The Kier molecular flexibility index (Phi) is 6.76. The maximum Gasteiger partial charge on any atom is 0.236 e. The van der Waals surface area contributed by atoms with Gasteiger partial charge in [-0.3, -0.25) is 9.69 Å². The molecule has 0 aromatic heterocycles. The first-order valence-corrected chi connectivity index (χ1v) is 7.99. The van der Waals surface area contributed by atoms with Gasteiger partial charge in [0, 0.05) is 33.3 Å². The van der Waals surface area contributed by atoms with Gasteiger partial charge in [-0.2, -0.15) is 0 Å². The third-order valence-electron chi connectivity index (χ3n) is 4.34. The summed E-state index contributed by atoms with van der Waals surface area (Å²) in [5.41, 5.74) is 0. The van der Waals surface area contributed by atoms with Crippen LogP contribution in [-0.2, 0) is 9.53 Å². The largest absolute Gasteiger partial charge is 0.383 e. The zero-order valence-corrected chi connectivity index (χ0v) is 12.8. The summed E-state index contributed by atoms with van der Waals surface area (Å²) in [5.74, 6) is 1.00. The summed E-state index contributed by atoms with van der Waals surface area (Å²) in [4.78, 5) is 16.5. The van der Waals surface area contributed by atoms with Crippen LogP contribution in [0.25, 0.3) is 0 Å². The normalized spacial score (nSPS) is 24.2. The van der Waals surface area contributed by atoms with Gasteiger partial charge in [-0.1, -0.05) is 0 Å². The zero-order chi connectivity index (χ0) is 14.2. The van der Waals surface area contributed by atoms with Crippen molar-refractivity contribution in [2.45, 2.75) is 25.7 Å². The van der Waals surface area contributed by atoms with Gasteiger partial charge in [0.05, 0.1) is 13.2 Å². The highest BCUT2D eigenvalue weighted by Gasteiger charge is 2.24. The first-order chi connectivity index (χ1) is 9.79. The summed E-state index contributed by atoms with van der Waals surface area (Å²) in [6, 6.07) is 0. The van der Waals surface area contributed by atoms with Crippen molar-refractivity contribution in [2.75, 3.05) is 59.5 Å². The van der Waals surface area contributed by atoms with Gasteiger partial charge >= 0.3 is 0 Å². The van der Waals surface area contributed by atoms with E-state index in [4.69, 9.17) is 4.74 Å². The molecule has 2 saturated heterocycles. The zero-order valence-electron chi connectivity index (χ0n) is 12.8. The molecule has 0 radical (unpaired) electrons. The molecule has 0 aromatic carbocycles. The van der Waals surface area contributed by atoms with Gasteiger partial charge in [-0.15, -0.1) is 0 Å². The van der Waals surface area contributed by atoms with Crippen LogP contribution in [0.5, 0.6) is 0 Å². The molecule has 2 aliphatic heterocycles. The Morgan fingerprint density at radius 1 is 1.25 bits per heavy atom. The van der Waals surface area contributed by atoms with Gasteiger partial charge in [-0.05, 0) is 44.7 Å². The first-order valence-electron chi connectivity index (χ1n) is 7.99. The molecular formula is C15H29N3O2. The molecule has 5 heteroatoms. The highest BCUT2D eigenvalue weighted by atomic mass is 16.5. The van der Waals surface area contributed by atoms with E-state index >= 15 is 0 Å². The number of nitrogens with one attached hydrogen (secondary N) is 1. The number of carbonyl (C=O) groups is 1. The van der Waals surface area contributed by atoms with Crippen LogP contribution in [-0.4, -0.2) is 75.2 Å². The van der Waals surface area contributed by atoms with Crippen LogP contribution in [0.2, 0.25) is 0 Å². The van der Waals surface area contributed by atoms with Crippen molar-refractivity contribution in [1.29, 1.82) is 0 Å². The third-order valence-corrected chi connectivity index (χ3v) is 4.34. The predicted molar refractivity (Wildman–Crippen MR) is 79.7 cm³/mol. The molecule has 2 aliphatic rings. The molecule has 5 nitrogen and oxygen atoms in total. The van der Waals surface area contributed by atoms with Crippen molar-refractivity contribution in [1.82, 2.24) is 15.1 Å². The van der Waals surface area contributed by atoms with Crippen LogP contribution in [0.3, 0.4) is 0 Å². The van der Waals surface area contributed by atoms with Crippen molar-refractivity contribution in [2.24, 2.45) is 5.92 Å². The highest BCUT2D eigenvalue weighted by Crippen LogP contribution is 2.16. The third kappa shape index (κ3) is 5.04. The monoisotopic (exact) mass is 283 g/mol. The molecule has 20 heavy (non-hydrogen) atoms. The minimum atomic E-state index is 0.329. The molecule has 1 atom stereocenters. The minimum absolute atomic E-state index is 0.329. The lowest BCUT2D eigenvalue weighted by atomic mass is 9.98. The second-order valence-electron chi connectivity index (χ2n) is 6.03. The lowest BCUT2D eigenvalue weighted by molar-refractivity contribution is -0.131. The lowest BCUT2D eigenvalue weighted by Crippen LogP contribution is -2.45. The number of methoxy groups -OCH3 is 1. The van der Waals surface area contributed by atoms with Gasteiger partial charge < -0.3 is 15.0 Å². The van der Waals surface area contributed by atoms with Crippen molar-refractivity contribution in [3.05, 3.63) is 0 Å². The molecule has 1 amide bonds. The van der Waals surface area contributed by atoms with Gasteiger partial charge in [-0.25, -0.2) is 0 Å². The summed E-state index contributed by atoms with van der Waals surface area (Å²) in [5, 5.41) is 3.44. The number of nitrogens with zero attached hydrogens (tertiary/aromatic N) is 2. The smallest absolute Gasteiger partial charge is 0.236 e. The summed E-state index contributed by atoms with van der Waals surface area (Å²) < 4.78 is 5.04. The molecule has 116 valence electrons. The molecule has 2 rings (SSSR count). The molecular weight excluding hydrogens is 254 g/mol. The fourth-order valence-electron chi connectivity index (χ4n) is 3.20. The number of amides is 1. The Balaban J connectivity index is 1.65. The number of hydrogen-bond donors (Lipinski definition) is 1. The topological polar surface area (TPSA) is 44.8 Å². The SMILES string of the molecule is COCCNCC1CCCN(CC(=O)N2CCCC2)C1. The van der Waals surface area contributed by atoms with Crippen LogP contribution >= 0.6 is 0 Å². The molecule has 0 aromatic rings. The standard InChI is InChI=1S/C15H29N3O2/c1-20-10-6-16-11-14-5-4-7-17(12-14)13-15(19)18-8-2-3-9-18/h14,16H,2-13H2,1H3. The molecule has 2 heterocycles. The van der Waals surface area contributed by atoms with Crippen molar-refractivity contribution < 1.29 is 9.53 Å². The predicted octanol–water partition coefficient (Wildman–Crippen LogP) is 0.557. The van der Waals surface area contributed by atoms with E-state index in [1.165, 1.54) is 25.7 Å². The van der Waals surface area contributed by atoms with Crippen molar-refractivity contribution in [3.63, 3.8) is 0 Å². The Hall–Kier alpha value is -0.650. The van der Waals surface area contributed by atoms with E-state index in [1.54, 1.807) is 7.11 Å². The Labute approximate surface area is 122 Å². The molecule has 0 spiro atoms. The molecule has 1 N–H and O–H groups in total. The average Bonchev–Trinajstić information content (AvgIpc) is 2.98. The maximum atomic E-state index is 12.2. The quantitative estimate of drug-likeness (QED) is 0.693. The lowest BCUT2D eigenvalue weighted by Gasteiger charge is -2.33. The van der Waals surface area contributed by atoms with Gasteiger partial charge in [0.15, 0.2) is 0 Å². The summed E-state index contributed by atoms with van der Waals surface area (Å²) >= 11 is 0. The summed E-state index contributed by atoms with van der Waals surface area (Å²) in [6.45, 7) is 7.41. The van der Waals surface area contributed by atoms with E-state index in [1.807, 2.05) is 4.90 Å². The molecule has 0 bridgehead atoms. The number of hydrogen-bond acceptors (Lipinski definition) is 4. The van der Waals surface area contributed by atoms with Crippen LogP contribution in [0.15, 0.2) is 0 Å². The molecule has 2 fully saturated rings. The first kappa shape index (κ1) is 15.7. The van der Waals surface area contributed by atoms with E-state index in [2.05, 4.69) is 10.2 Å². The van der Waals surface area contributed by atoms with Gasteiger partial charge in [0.2, 0.25) is 5.91 Å². The molecule has 1 unspecified atom stereocenters. The highest BCUT2D eigenvalue weighted by molar-refractivity contribution is 5.78. The summed E-state index contributed by atoms with van der Waals surface area (Å²) in [7, 11) is 1.73. The second kappa shape index (κ2) is 8.60. The number of ether oxygens (including phenoxy) is 1. The number of carbonyl (C=O) groups excluding carboxylic acids is 1. The molecule has 0 aliphatic carbocycles. The number of rotatable bonds is 7. The Bertz CT molecular complexity index is 293. The van der Waals surface area contributed by atoms with Crippen molar-refractivity contribution in [3.8, 4) is 0 Å². The van der Waals surface area contributed by atoms with E-state index in [0.717, 1.165) is 45.9 Å². The second-order valence-corrected chi connectivity index (χ2v) is 6.03. The number of piperidine rings is 1.